The minimum Gasteiger partial charge on any atom is -0.463 e. The number of unbranched alkanes of at least 4 members (excludes halogenated alkanes) is 2. The second-order valence-electron chi connectivity index (χ2n) is 4.66. The molecule has 3 nitrogen and oxygen atoms in total. The lowest BCUT2D eigenvalue weighted by atomic mass is 10.3. The Kier molecular flexibility index (Phi) is 12.4. The van der Waals surface area contributed by atoms with Crippen LogP contribution in [0, 0.1) is 0 Å². The minimum atomic E-state index is -0.578. The van der Waals surface area contributed by atoms with Crippen molar-refractivity contribution in [3.05, 3.63) is 12.7 Å². The summed E-state index contributed by atoms with van der Waals surface area (Å²) in [4.78, 5) is 10.8. The van der Waals surface area contributed by atoms with Gasteiger partial charge in [-0.15, -0.1) is 0 Å². The predicted molar refractivity (Wildman–Crippen MR) is 78.7 cm³/mol. The van der Waals surface area contributed by atoms with Crippen molar-refractivity contribution in [1.29, 1.82) is 0 Å². The average Bonchev–Trinajstić information content (AvgIpc) is 2.39. The smallest absolute Gasteiger partial charge is 0.330 e. The van der Waals surface area contributed by atoms with Crippen molar-refractivity contribution in [1.82, 2.24) is 0 Å². The fraction of sp³-hybridized carbons (Fsp3) is 0.786. The van der Waals surface area contributed by atoms with Crippen LogP contribution in [0.15, 0.2) is 12.7 Å². The Labute approximate surface area is 113 Å². The first kappa shape index (κ1) is 17.4. The van der Waals surface area contributed by atoms with E-state index in [-0.39, 0.29) is 5.97 Å². The van der Waals surface area contributed by atoms with Gasteiger partial charge in [-0.05, 0) is 12.5 Å². The summed E-state index contributed by atoms with van der Waals surface area (Å²) in [6, 6.07) is 4.12. The first-order chi connectivity index (χ1) is 8.74. The molecule has 0 aromatic carbocycles. The minimum absolute atomic E-state index is 0.312. The lowest BCUT2D eigenvalue weighted by Crippen LogP contribution is -2.14. The molecule has 0 aliphatic carbocycles. The van der Waals surface area contributed by atoms with Crippen LogP contribution in [0.25, 0.3) is 0 Å². The average molecular weight is 272 g/mol. The van der Waals surface area contributed by atoms with E-state index in [1.165, 1.54) is 37.0 Å². The highest BCUT2D eigenvalue weighted by molar-refractivity contribution is 6.58. The highest BCUT2D eigenvalue weighted by Gasteiger charge is 2.08. The molecule has 0 aromatic heterocycles. The molecule has 4 heteroatoms. The van der Waals surface area contributed by atoms with E-state index >= 15 is 0 Å². The Balaban J connectivity index is 3.47. The summed E-state index contributed by atoms with van der Waals surface area (Å²) in [7, 11) is 1.21. The van der Waals surface area contributed by atoms with Crippen LogP contribution in [0.4, 0.5) is 0 Å². The Bertz CT molecular complexity index is 219. The second-order valence-corrected chi connectivity index (χ2v) is 8.12. The third kappa shape index (κ3) is 10.5. The Morgan fingerprint density at radius 2 is 1.94 bits per heavy atom. The molecule has 0 saturated carbocycles. The van der Waals surface area contributed by atoms with Crippen molar-refractivity contribution >= 4 is 14.8 Å². The highest BCUT2D eigenvalue weighted by atomic mass is 28.3. The number of ether oxygens (including phenoxy) is 2. The highest BCUT2D eigenvalue weighted by Crippen LogP contribution is 2.13. The zero-order valence-electron chi connectivity index (χ0n) is 12.0. The molecule has 0 bridgehead atoms. The van der Waals surface area contributed by atoms with Crippen molar-refractivity contribution < 1.29 is 14.3 Å². The molecule has 0 saturated heterocycles. The molecule has 0 heterocycles. The van der Waals surface area contributed by atoms with Crippen molar-refractivity contribution in [3.8, 4) is 0 Å². The summed E-state index contributed by atoms with van der Waals surface area (Å²) < 4.78 is 10.1. The predicted octanol–water partition coefficient (Wildman–Crippen LogP) is 3.17. The molecule has 0 radical (unpaired) electrons. The number of carbonyl (C=O) groups is 1. The van der Waals surface area contributed by atoms with E-state index < -0.39 is 8.80 Å². The third-order valence-corrected chi connectivity index (χ3v) is 6.77. The van der Waals surface area contributed by atoms with Crippen molar-refractivity contribution in [2.45, 2.75) is 50.7 Å². The summed E-state index contributed by atoms with van der Waals surface area (Å²) in [5, 5.41) is 0. The molecule has 0 aliphatic rings. The largest absolute Gasteiger partial charge is 0.463 e. The standard InChI is InChI=1S/C14H28O3Si/c1-4-11-18(13-10-16-3)12-8-6-7-9-17-14(15)5-2/h5,18H,2,4,6-13H2,1,3H3. The molecule has 0 rings (SSSR count). The van der Waals surface area contributed by atoms with Gasteiger partial charge in [-0.25, -0.2) is 4.79 Å². The van der Waals surface area contributed by atoms with Gasteiger partial charge < -0.3 is 9.47 Å². The summed E-state index contributed by atoms with van der Waals surface area (Å²) in [6.07, 6.45) is 5.92. The summed E-state index contributed by atoms with van der Waals surface area (Å²) in [5.74, 6) is -0.312. The van der Waals surface area contributed by atoms with Gasteiger partial charge in [-0.1, -0.05) is 44.9 Å². The fourth-order valence-corrected chi connectivity index (χ4v) is 5.19. The van der Waals surface area contributed by atoms with E-state index in [0.717, 1.165) is 19.4 Å². The van der Waals surface area contributed by atoms with E-state index in [4.69, 9.17) is 9.47 Å². The van der Waals surface area contributed by atoms with Gasteiger partial charge in [-0.2, -0.15) is 0 Å². The third-order valence-electron chi connectivity index (χ3n) is 3.09. The number of rotatable bonds is 12. The van der Waals surface area contributed by atoms with Crippen molar-refractivity contribution in [2.75, 3.05) is 20.3 Å². The number of methoxy groups -OCH3 is 1. The zero-order chi connectivity index (χ0) is 13.6. The van der Waals surface area contributed by atoms with Crippen LogP contribution < -0.4 is 0 Å². The van der Waals surface area contributed by atoms with E-state index in [9.17, 15) is 4.79 Å². The van der Waals surface area contributed by atoms with Gasteiger partial charge in [0.25, 0.3) is 0 Å². The van der Waals surface area contributed by atoms with Crippen LogP contribution in [0.1, 0.15) is 32.6 Å². The number of hydrogen-bond acceptors (Lipinski definition) is 3. The van der Waals surface area contributed by atoms with Gasteiger partial charge in [0.05, 0.1) is 6.61 Å². The fourth-order valence-electron chi connectivity index (χ4n) is 2.07. The van der Waals surface area contributed by atoms with E-state index in [0.29, 0.717) is 6.61 Å². The maximum atomic E-state index is 10.8. The number of carbonyl (C=O) groups excluding carboxylic acids is 1. The molecule has 0 spiro atoms. The van der Waals surface area contributed by atoms with E-state index in [1.807, 2.05) is 0 Å². The van der Waals surface area contributed by atoms with Gasteiger partial charge in [0.15, 0.2) is 0 Å². The maximum absolute atomic E-state index is 10.8. The molecular weight excluding hydrogens is 244 g/mol. The normalized spacial score (nSPS) is 12.1. The summed E-state index contributed by atoms with van der Waals surface area (Å²) in [5.41, 5.74) is 0. The molecule has 0 aliphatic heterocycles. The van der Waals surface area contributed by atoms with Gasteiger partial charge in [0.1, 0.15) is 0 Å². The van der Waals surface area contributed by atoms with Gasteiger partial charge in [-0.3, -0.25) is 0 Å². The van der Waals surface area contributed by atoms with Crippen LogP contribution in [-0.4, -0.2) is 35.1 Å². The van der Waals surface area contributed by atoms with Gasteiger partial charge in [0.2, 0.25) is 0 Å². The lowest BCUT2D eigenvalue weighted by molar-refractivity contribution is -0.137. The maximum Gasteiger partial charge on any atom is 0.330 e. The molecule has 0 N–H and O–H groups in total. The second kappa shape index (κ2) is 12.8. The van der Waals surface area contributed by atoms with Gasteiger partial charge in [0, 0.05) is 28.6 Å². The SMILES string of the molecule is C=CC(=O)OCCCCC[SiH](CCC)CCOC. The first-order valence-corrected chi connectivity index (χ1v) is 9.47. The van der Waals surface area contributed by atoms with E-state index in [2.05, 4.69) is 13.5 Å². The number of esters is 1. The quantitative estimate of drug-likeness (QED) is 0.237. The molecule has 106 valence electrons. The molecule has 1 unspecified atom stereocenters. The first-order valence-electron chi connectivity index (χ1n) is 7.02. The van der Waals surface area contributed by atoms with Crippen LogP contribution in [0.3, 0.4) is 0 Å². The Morgan fingerprint density at radius 1 is 1.17 bits per heavy atom. The Hall–Kier alpha value is -0.613. The van der Waals surface area contributed by atoms with Crippen molar-refractivity contribution in [2.24, 2.45) is 0 Å². The van der Waals surface area contributed by atoms with Crippen LogP contribution in [-0.2, 0) is 14.3 Å². The topological polar surface area (TPSA) is 35.5 Å². The molecule has 0 amide bonds. The summed E-state index contributed by atoms with van der Waals surface area (Å²) >= 11 is 0. The molecule has 0 fully saturated rings. The molecule has 18 heavy (non-hydrogen) atoms. The Morgan fingerprint density at radius 3 is 2.56 bits per heavy atom. The van der Waals surface area contributed by atoms with Crippen LogP contribution >= 0.6 is 0 Å². The van der Waals surface area contributed by atoms with Crippen molar-refractivity contribution in [3.63, 3.8) is 0 Å². The van der Waals surface area contributed by atoms with Gasteiger partial charge >= 0.3 is 5.97 Å². The lowest BCUT2D eigenvalue weighted by Gasteiger charge is -2.13. The van der Waals surface area contributed by atoms with Crippen LogP contribution in [0.5, 0.6) is 0 Å². The number of hydrogen-bond donors (Lipinski definition) is 0. The molecular formula is C14H28O3Si. The molecule has 0 aromatic rings. The van der Waals surface area contributed by atoms with E-state index in [1.54, 1.807) is 7.11 Å². The summed E-state index contributed by atoms with van der Waals surface area (Å²) in [6.45, 7) is 7.09. The molecule has 1 atom stereocenters. The monoisotopic (exact) mass is 272 g/mol. The van der Waals surface area contributed by atoms with Crippen LogP contribution in [0.2, 0.25) is 18.1 Å². The zero-order valence-corrected chi connectivity index (χ0v) is 13.1.